The van der Waals surface area contributed by atoms with E-state index in [-0.39, 0.29) is 0 Å². The molecule has 0 saturated carbocycles. The Morgan fingerprint density at radius 3 is 2.85 bits per heavy atom. The Morgan fingerprint density at radius 1 is 1.15 bits per heavy atom. The van der Waals surface area contributed by atoms with Crippen LogP contribution >= 0.6 is 0 Å². The van der Waals surface area contributed by atoms with E-state index >= 15 is 0 Å². The number of rotatable bonds is 5. The first kappa shape index (κ1) is 17.6. The van der Waals surface area contributed by atoms with Crippen LogP contribution in [0.25, 0.3) is 10.9 Å². The van der Waals surface area contributed by atoms with Gasteiger partial charge in [0, 0.05) is 30.7 Å². The molecule has 0 spiro atoms. The van der Waals surface area contributed by atoms with Crippen molar-refractivity contribution < 1.29 is 5.11 Å². The van der Waals surface area contributed by atoms with Gasteiger partial charge in [0.15, 0.2) is 5.96 Å². The maximum atomic E-state index is 11.0. The number of aliphatic imine (C=N–C) groups is 1. The van der Waals surface area contributed by atoms with Gasteiger partial charge < -0.3 is 20.7 Å². The molecule has 5 heteroatoms. The predicted octanol–water partition coefficient (Wildman–Crippen LogP) is 2.71. The second-order valence-corrected chi connectivity index (χ2v) is 7.15. The number of nitrogens with one attached hydrogen (secondary N) is 3. The number of hydrogen-bond acceptors (Lipinski definition) is 2. The molecule has 2 aromatic carbocycles. The number of aromatic amines is 1. The molecule has 0 fully saturated rings. The first-order valence-electron chi connectivity index (χ1n) is 9.50. The number of aliphatic hydroxyl groups is 1. The largest absolute Gasteiger partial charge is 0.383 e. The summed E-state index contributed by atoms with van der Waals surface area (Å²) in [6.45, 7) is 1.23. The van der Waals surface area contributed by atoms with Crippen molar-refractivity contribution in [1.29, 1.82) is 0 Å². The molecule has 0 saturated heterocycles. The van der Waals surface area contributed by atoms with Gasteiger partial charge in [0.2, 0.25) is 0 Å². The molecule has 1 aromatic heterocycles. The highest BCUT2D eigenvalue weighted by atomic mass is 16.3. The third kappa shape index (κ3) is 3.55. The van der Waals surface area contributed by atoms with Crippen LogP contribution < -0.4 is 10.6 Å². The van der Waals surface area contributed by atoms with Crippen LogP contribution in [-0.2, 0) is 18.4 Å². The van der Waals surface area contributed by atoms with E-state index in [1.807, 2.05) is 24.3 Å². The average molecular weight is 362 g/mol. The highest BCUT2D eigenvalue weighted by Crippen LogP contribution is 2.36. The quantitative estimate of drug-likeness (QED) is 0.417. The van der Waals surface area contributed by atoms with Crippen molar-refractivity contribution in [3.63, 3.8) is 0 Å². The van der Waals surface area contributed by atoms with E-state index in [4.69, 9.17) is 0 Å². The van der Waals surface area contributed by atoms with Crippen molar-refractivity contribution in [2.75, 3.05) is 20.1 Å². The molecule has 1 atom stereocenters. The number of nitrogens with zero attached hydrogens (tertiary/aromatic N) is 1. The summed E-state index contributed by atoms with van der Waals surface area (Å²) in [6, 6.07) is 16.5. The van der Waals surface area contributed by atoms with Gasteiger partial charge in [-0.1, -0.05) is 42.5 Å². The lowest BCUT2D eigenvalue weighted by atomic mass is 9.96. The fourth-order valence-electron chi connectivity index (χ4n) is 3.96. The minimum absolute atomic E-state index is 0.455. The summed E-state index contributed by atoms with van der Waals surface area (Å²) in [5, 5.41) is 18.9. The van der Waals surface area contributed by atoms with Gasteiger partial charge in [-0.2, -0.15) is 0 Å². The number of fused-ring (bicyclic) bond motifs is 2. The molecular formula is C22H26N4O. The molecule has 0 amide bonds. The average Bonchev–Trinajstić information content (AvgIpc) is 3.27. The van der Waals surface area contributed by atoms with E-state index in [2.05, 4.69) is 51.1 Å². The Kier molecular flexibility index (Phi) is 4.86. The van der Waals surface area contributed by atoms with Gasteiger partial charge >= 0.3 is 0 Å². The molecule has 1 aliphatic rings. The van der Waals surface area contributed by atoms with Crippen LogP contribution in [0.15, 0.2) is 59.7 Å². The fraction of sp³-hybridized carbons (Fsp3) is 0.318. The van der Waals surface area contributed by atoms with E-state index in [1.54, 1.807) is 7.05 Å². The summed E-state index contributed by atoms with van der Waals surface area (Å²) in [7, 11) is 1.76. The van der Waals surface area contributed by atoms with Crippen LogP contribution in [0.2, 0.25) is 0 Å². The SMILES string of the molecule is CN=C(NCCc1c[nH]c2ccccc12)NCC1(O)CCc2ccccc21. The Hall–Kier alpha value is -2.79. The predicted molar refractivity (Wildman–Crippen MR) is 110 cm³/mol. The summed E-state index contributed by atoms with van der Waals surface area (Å²) >= 11 is 0. The normalized spacial score (nSPS) is 19.3. The monoisotopic (exact) mass is 362 g/mol. The second kappa shape index (κ2) is 7.45. The van der Waals surface area contributed by atoms with Crippen LogP contribution in [0.4, 0.5) is 0 Å². The molecule has 3 aromatic rings. The van der Waals surface area contributed by atoms with Gasteiger partial charge in [0.25, 0.3) is 0 Å². The Morgan fingerprint density at radius 2 is 1.96 bits per heavy atom. The zero-order valence-corrected chi connectivity index (χ0v) is 15.6. The van der Waals surface area contributed by atoms with Crippen LogP contribution in [-0.4, -0.2) is 36.2 Å². The minimum Gasteiger partial charge on any atom is -0.383 e. The molecule has 1 aliphatic carbocycles. The number of H-pyrrole nitrogens is 1. The third-order valence-electron chi connectivity index (χ3n) is 5.46. The van der Waals surface area contributed by atoms with Crippen molar-refractivity contribution >= 4 is 16.9 Å². The summed E-state index contributed by atoms with van der Waals surface area (Å²) in [4.78, 5) is 7.60. The molecule has 0 aliphatic heterocycles. The van der Waals surface area contributed by atoms with Gasteiger partial charge in [-0.25, -0.2) is 0 Å². The molecule has 0 bridgehead atoms. The van der Waals surface area contributed by atoms with Crippen molar-refractivity contribution in [3.8, 4) is 0 Å². The Bertz CT molecular complexity index is 962. The van der Waals surface area contributed by atoms with Crippen LogP contribution in [0.3, 0.4) is 0 Å². The molecule has 4 rings (SSSR count). The summed E-state index contributed by atoms with van der Waals surface area (Å²) < 4.78 is 0. The van der Waals surface area contributed by atoms with Crippen molar-refractivity contribution in [1.82, 2.24) is 15.6 Å². The van der Waals surface area contributed by atoms with Gasteiger partial charge in [0.1, 0.15) is 5.60 Å². The molecule has 27 heavy (non-hydrogen) atoms. The summed E-state index contributed by atoms with van der Waals surface area (Å²) in [6.07, 6.45) is 4.63. The standard InChI is InChI=1S/C22H26N4O/c1-23-21(24-13-11-17-14-25-20-9-5-3-7-18(17)20)26-15-22(27)12-10-16-6-2-4-8-19(16)22/h2-9,14,25,27H,10-13,15H2,1H3,(H2,23,24,26). The van der Waals surface area contributed by atoms with E-state index in [1.165, 1.54) is 16.5 Å². The Balaban J connectivity index is 1.33. The topological polar surface area (TPSA) is 72.4 Å². The van der Waals surface area contributed by atoms with E-state index in [9.17, 15) is 5.11 Å². The van der Waals surface area contributed by atoms with Crippen LogP contribution in [0, 0.1) is 0 Å². The number of para-hydroxylation sites is 1. The lowest BCUT2D eigenvalue weighted by molar-refractivity contribution is 0.0432. The van der Waals surface area contributed by atoms with Gasteiger partial charge in [-0.05, 0) is 42.0 Å². The number of benzene rings is 2. The molecule has 5 nitrogen and oxygen atoms in total. The first-order chi connectivity index (χ1) is 13.2. The maximum absolute atomic E-state index is 11.0. The molecule has 4 N–H and O–H groups in total. The third-order valence-corrected chi connectivity index (χ3v) is 5.46. The molecule has 0 radical (unpaired) electrons. The van der Waals surface area contributed by atoms with Crippen molar-refractivity contribution in [3.05, 3.63) is 71.4 Å². The van der Waals surface area contributed by atoms with Crippen molar-refractivity contribution in [2.45, 2.75) is 24.9 Å². The highest BCUT2D eigenvalue weighted by molar-refractivity contribution is 5.83. The molecule has 1 unspecified atom stereocenters. The first-order valence-corrected chi connectivity index (χ1v) is 9.50. The minimum atomic E-state index is -0.828. The van der Waals surface area contributed by atoms with Crippen molar-refractivity contribution in [2.24, 2.45) is 4.99 Å². The number of aromatic nitrogens is 1. The fourth-order valence-corrected chi connectivity index (χ4v) is 3.96. The maximum Gasteiger partial charge on any atom is 0.191 e. The van der Waals surface area contributed by atoms with E-state index in [0.29, 0.717) is 12.5 Å². The zero-order chi connectivity index (χ0) is 18.7. The number of guanidine groups is 1. The van der Waals surface area contributed by atoms with E-state index in [0.717, 1.165) is 36.9 Å². The van der Waals surface area contributed by atoms with Gasteiger partial charge in [-0.3, -0.25) is 4.99 Å². The second-order valence-electron chi connectivity index (χ2n) is 7.15. The number of aryl methyl sites for hydroxylation is 1. The number of hydrogen-bond donors (Lipinski definition) is 4. The van der Waals surface area contributed by atoms with Crippen LogP contribution in [0.5, 0.6) is 0 Å². The lowest BCUT2D eigenvalue weighted by Crippen LogP contribution is -2.45. The Labute approximate surface area is 159 Å². The highest BCUT2D eigenvalue weighted by Gasteiger charge is 2.36. The lowest BCUT2D eigenvalue weighted by Gasteiger charge is -2.25. The van der Waals surface area contributed by atoms with Crippen LogP contribution in [0.1, 0.15) is 23.1 Å². The van der Waals surface area contributed by atoms with Gasteiger partial charge in [-0.15, -0.1) is 0 Å². The molecule has 1 heterocycles. The van der Waals surface area contributed by atoms with E-state index < -0.39 is 5.60 Å². The summed E-state index contributed by atoms with van der Waals surface area (Å²) in [5.41, 5.74) is 3.90. The summed E-state index contributed by atoms with van der Waals surface area (Å²) in [5.74, 6) is 0.715. The van der Waals surface area contributed by atoms with Gasteiger partial charge in [0.05, 0.1) is 6.54 Å². The molecule has 140 valence electrons. The zero-order valence-electron chi connectivity index (χ0n) is 15.6. The molecular weight excluding hydrogens is 336 g/mol. The smallest absolute Gasteiger partial charge is 0.191 e.